The Bertz CT molecular complexity index is 432. The summed E-state index contributed by atoms with van der Waals surface area (Å²) >= 11 is 0. The van der Waals surface area contributed by atoms with Crippen LogP contribution in [0.2, 0.25) is 0 Å². The van der Waals surface area contributed by atoms with Crippen LogP contribution in [0.3, 0.4) is 0 Å². The normalized spacial score (nSPS) is 12.7. The summed E-state index contributed by atoms with van der Waals surface area (Å²) in [7, 11) is 0. The number of nitro benzene ring substituents is 1. The molecule has 0 amide bonds. The van der Waals surface area contributed by atoms with E-state index in [4.69, 9.17) is 0 Å². The van der Waals surface area contributed by atoms with E-state index in [2.05, 4.69) is 5.32 Å². The van der Waals surface area contributed by atoms with Crippen molar-refractivity contribution in [3.8, 4) is 0 Å². The molecule has 1 unspecified atom stereocenters. The third kappa shape index (κ3) is 5.63. The van der Waals surface area contributed by atoms with Gasteiger partial charge in [0.1, 0.15) is 0 Å². The number of nitro groups is 1. The predicted octanol–water partition coefficient (Wildman–Crippen LogP) is 2.36. The Kier molecular flexibility index (Phi) is 6.78. The summed E-state index contributed by atoms with van der Waals surface area (Å²) in [6.45, 7) is 3.14. The highest BCUT2D eigenvalue weighted by molar-refractivity contribution is 5.60. The average Bonchev–Trinajstić information content (AvgIpc) is 2.39. The number of nitrogens with one attached hydrogen (secondary N) is 1. The van der Waals surface area contributed by atoms with Gasteiger partial charge in [0.05, 0.1) is 16.6 Å². The SMILES string of the molecule is CCCC(O)CNC/C=C/c1ccccc1[N+](=O)[O-]. The molecule has 1 atom stereocenters. The second-order valence-electron chi connectivity index (χ2n) is 4.32. The van der Waals surface area contributed by atoms with E-state index in [1.807, 2.05) is 13.0 Å². The number of benzene rings is 1. The maximum atomic E-state index is 10.8. The van der Waals surface area contributed by atoms with Gasteiger partial charge < -0.3 is 10.4 Å². The fraction of sp³-hybridized carbons (Fsp3) is 0.429. The van der Waals surface area contributed by atoms with Crippen molar-refractivity contribution in [3.05, 3.63) is 46.0 Å². The number of nitrogens with zero attached hydrogens (tertiary/aromatic N) is 1. The quantitative estimate of drug-likeness (QED) is 0.429. The Morgan fingerprint density at radius 1 is 1.47 bits per heavy atom. The Labute approximate surface area is 113 Å². The zero-order chi connectivity index (χ0) is 14.1. The summed E-state index contributed by atoms with van der Waals surface area (Å²) in [5, 5.41) is 23.4. The van der Waals surface area contributed by atoms with E-state index in [-0.39, 0.29) is 11.8 Å². The molecule has 5 heteroatoms. The average molecular weight is 264 g/mol. The van der Waals surface area contributed by atoms with E-state index in [1.54, 1.807) is 24.3 Å². The smallest absolute Gasteiger partial charge is 0.276 e. The molecule has 1 aromatic carbocycles. The van der Waals surface area contributed by atoms with Gasteiger partial charge in [-0.3, -0.25) is 10.1 Å². The first-order valence-electron chi connectivity index (χ1n) is 6.44. The minimum Gasteiger partial charge on any atom is -0.392 e. The zero-order valence-electron chi connectivity index (χ0n) is 11.1. The van der Waals surface area contributed by atoms with E-state index < -0.39 is 4.92 Å². The Morgan fingerprint density at radius 3 is 2.89 bits per heavy atom. The Hall–Kier alpha value is -1.72. The number of hydrogen-bond acceptors (Lipinski definition) is 4. The predicted molar refractivity (Wildman–Crippen MR) is 75.9 cm³/mol. The van der Waals surface area contributed by atoms with Gasteiger partial charge >= 0.3 is 0 Å². The molecular weight excluding hydrogens is 244 g/mol. The van der Waals surface area contributed by atoms with Crippen molar-refractivity contribution < 1.29 is 10.0 Å². The summed E-state index contributed by atoms with van der Waals surface area (Å²) in [6, 6.07) is 6.61. The standard InChI is InChI=1S/C14H20N2O3/c1-2-6-13(17)11-15-10-5-8-12-7-3-4-9-14(12)16(18)19/h3-5,7-9,13,15,17H,2,6,10-11H2,1H3/b8-5+. The first-order chi connectivity index (χ1) is 9.15. The van der Waals surface area contributed by atoms with Crippen LogP contribution in [0, 0.1) is 10.1 Å². The molecule has 5 nitrogen and oxygen atoms in total. The van der Waals surface area contributed by atoms with Crippen LogP contribution in [0.15, 0.2) is 30.3 Å². The highest BCUT2D eigenvalue weighted by Gasteiger charge is 2.08. The topological polar surface area (TPSA) is 75.4 Å². The second kappa shape index (κ2) is 8.39. The molecule has 0 aliphatic heterocycles. The first kappa shape index (κ1) is 15.3. The van der Waals surface area contributed by atoms with Crippen LogP contribution in [-0.2, 0) is 0 Å². The van der Waals surface area contributed by atoms with E-state index in [1.165, 1.54) is 6.07 Å². The van der Waals surface area contributed by atoms with Gasteiger partial charge in [-0.2, -0.15) is 0 Å². The lowest BCUT2D eigenvalue weighted by atomic mass is 10.1. The van der Waals surface area contributed by atoms with E-state index in [0.29, 0.717) is 18.7 Å². The van der Waals surface area contributed by atoms with Gasteiger partial charge in [-0.25, -0.2) is 0 Å². The second-order valence-corrected chi connectivity index (χ2v) is 4.32. The van der Waals surface area contributed by atoms with Gasteiger partial charge in [-0.15, -0.1) is 0 Å². The van der Waals surface area contributed by atoms with Gasteiger partial charge in [-0.1, -0.05) is 37.6 Å². The Balaban J connectivity index is 2.43. The minimum absolute atomic E-state index is 0.102. The van der Waals surface area contributed by atoms with Crippen LogP contribution in [0.4, 0.5) is 5.69 Å². The molecule has 0 saturated heterocycles. The molecule has 0 fully saturated rings. The third-order valence-corrected chi connectivity index (χ3v) is 2.69. The third-order valence-electron chi connectivity index (χ3n) is 2.69. The van der Waals surface area contributed by atoms with Crippen molar-refractivity contribution in [2.75, 3.05) is 13.1 Å². The lowest BCUT2D eigenvalue weighted by Crippen LogP contribution is -2.26. The summed E-state index contributed by atoms with van der Waals surface area (Å²) in [5.74, 6) is 0. The van der Waals surface area contributed by atoms with E-state index in [9.17, 15) is 15.2 Å². The van der Waals surface area contributed by atoms with Crippen molar-refractivity contribution >= 4 is 11.8 Å². The van der Waals surface area contributed by atoms with Crippen LogP contribution in [0.5, 0.6) is 0 Å². The molecule has 104 valence electrons. The van der Waals surface area contributed by atoms with Gasteiger partial charge in [0.2, 0.25) is 0 Å². The van der Waals surface area contributed by atoms with Crippen molar-refractivity contribution in [1.29, 1.82) is 0 Å². The minimum atomic E-state index is -0.391. The lowest BCUT2D eigenvalue weighted by Gasteiger charge is -2.08. The molecule has 0 saturated carbocycles. The maximum absolute atomic E-state index is 10.8. The fourth-order valence-electron chi connectivity index (χ4n) is 1.75. The van der Waals surface area contributed by atoms with Crippen molar-refractivity contribution in [2.45, 2.75) is 25.9 Å². The van der Waals surface area contributed by atoms with Gasteiger partial charge in [-0.05, 0) is 12.5 Å². The number of rotatable bonds is 8. The number of para-hydroxylation sites is 1. The van der Waals surface area contributed by atoms with Crippen LogP contribution in [-0.4, -0.2) is 29.2 Å². The van der Waals surface area contributed by atoms with E-state index in [0.717, 1.165) is 12.8 Å². The van der Waals surface area contributed by atoms with Gasteiger partial charge in [0.15, 0.2) is 0 Å². The molecular formula is C14H20N2O3. The lowest BCUT2D eigenvalue weighted by molar-refractivity contribution is -0.385. The molecule has 0 radical (unpaired) electrons. The largest absolute Gasteiger partial charge is 0.392 e. The van der Waals surface area contributed by atoms with Gasteiger partial charge in [0, 0.05) is 19.2 Å². The fourth-order valence-corrected chi connectivity index (χ4v) is 1.75. The maximum Gasteiger partial charge on any atom is 0.276 e. The van der Waals surface area contributed by atoms with Crippen LogP contribution >= 0.6 is 0 Å². The number of aliphatic hydroxyl groups excluding tert-OH is 1. The Morgan fingerprint density at radius 2 is 2.21 bits per heavy atom. The molecule has 0 aromatic heterocycles. The molecule has 2 N–H and O–H groups in total. The summed E-state index contributed by atoms with van der Waals surface area (Å²) in [5.41, 5.74) is 0.688. The first-order valence-corrected chi connectivity index (χ1v) is 6.44. The highest BCUT2D eigenvalue weighted by atomic mass is 16.6. The molecule has 19 heavy (non-hydrogen) atoms. The molecule has 0 aliphatic carbocycles. The molecule has 0 aliphatic rings. The summed E-state index contributed by atoms with van der Waals surface area (Å²) in [4.78, 5) is 10.4. The van der Waals surface area contributed by atoms with E-state index >= 15 is 0 Å². The number of aliphatic hydroxyl groups is 1. The highest BCUT2D eigenvalue weighted by Crippen LogP contribution is 2.18. The van der Waals surface area contributed by atoms with Crippen molar-refractivity contribution in [3.63, 3.8) is 0 Å². The van der Waals surface area contributed by atoms with Gasteiger partial charge in [0.25, 0.3) is 5.69 Å². The summed E-state index contributed by atoms with van der Waals surface area (Å²) < 4.78 is 0. The van der Waals surface area contributed by atoms with Crippen LogP contribution < -0.4 is 5.32 Å². The summed E-state index contributed by atoms with van der Waals surface area (Å²) in [6.07, 6.45) is 4.94. The van der Waals surface area contributed by atoms with Crippen LogP contribution in [0.1, 0.15) is 25.3 Å². The molecule has 0 spiro atoms. The molecule has 1 rings (SSSR count). The zero-order valence-corrected chi connectivity index (χ0v) is 11.1. The molecule has 1 aromatic rings. The molecule has 0 bridgehead atoms. The van der Waals surface area contributed by atoms with Crippen LogP contribution in [0.25, 0.3) is 6.08 Å². The van der Waals surface area contributed by atoms with Crippen molar-refractivity contribution in [1.82, 2.24) is 5.32 Å². The number of hydrogen-bond donors (Lipinski definition) is 2. The monoisotopic (exact) mass is 264 g/mol. The van der Waals surface area contributed by atoms with Crippen molar-refractivity contribution in [2.24, 2.45) is 0 Å². The molecule has 0 heterocycles.